The standard InChI is InChI=1S/C14H22N2OSi/c1-18(2,3)7-6-17-11-16-9-13(8-15)14(10-16)12-4-5-12/h9-10,12H,4-7,11H2,1-3H3. The molecule has 0 N–H and O–H groups in total. The molecular formula is C14H22N2OSi. The minimum atomic E-state index is -1.00. The first kappa shape index (κ1) is 13.4. The Hall–Kier alpha value is -1.05. The third kappa shape index (κ3) is 3.72. The van der Waals surface area contributed by atoms with Crippen LogP contribution in [0.4, 0.5) is 0 Å². The van der Waals surface area contributed by atoms with Gasteiger partial charge in [-0.1, -0.05) is 19.6 Å². The van der Waals surface area contributed by atoms with Crippen molar-refractivity contribution >= 4 is 8.07 Å². The van der Waals surface area contributed by atoms with Crippen molar-refractivity contribution in [3.8, 4) is 6.07 Å². The van der Waals surface area contributed by atoms with E-state index >= 15 is 0 Å². The molecule has 1 aliphatic rings. The fourth-order valence-electron chi connectivity index (χ4n) is 1.96. The van der Waals surface area contributed by atoms with Crippen molar-refractivity contribution in [3.05, 3.63) is 23.5 Å². The molecule has 2 rings (SSSR count). The lowest BCUT2D eigenvalue weighted by Gasteiger charge is -2.15. The summed E-state index contributed by atoms with van der Waals surface area (Å²) in [6.07, 6.45) is 6.47. The van der Waals surface area contributed by atoms with Crippen molar-refractivity contribution < 1.29 is 4.74 Å². The maximum Gasteiger partial charge on any atom is 0.122 e. The summed E-state index contributed by atoms with van der Waals surface area (Å²) >= 11 is 0. The van der Waals surface area contributed by atoms with Crippen molar-refractivity contribution in [3.63, 3.8) is 0 Å². The van der Waals surface area contributed by atoms with Gasteiger partial charge in [0.05, 0.1) is 5.56 Å². The molecule has 1 aliphatic carbocycles. The van der Waals surface area contributed by atoms with Crippen LogP contribution in [0.3, 0.4) is 0 Å². The largest absolute Gasteiger partial charge is 0.361 e. The molecule has 0 amide bonds. The first-order chi connectivity index (χ1) is 8.49. The van der Waals surface area contributed by atoms with Gasteiger partial charge in [-0.15, -0.1) is 0 Å². The molecule has 98 valence electrons. The van der Waals surface area contributed by atoms with Crippen molar-refractivity contribution in [2.45, 2.75) is 51.2 Å². The van der Waals surface area contributed by atoms with Gasteiger partial charge in [0.2, 0.25) is 0 Å². The van der Waals surface area contributed by atoms with Gasteiger partial charge in [0.25, 0.3) is 0 Å². The molecule has 0 saturated heterocycles. The summed E-state index contributed by atoms with van der Waals surface area (Å²) < 4.78 is 7.71. The van der Waals surface area contributed by atoms with E-state index in [4.69, 9.17) is 10.00 Å². The Balaban J connectivity index is 1.85. The summed E-state index contributed by atoms with van der Waals surface area (Å²) in [6, 6.07) is 3.47. The second-order valence-electron chi connectivity index (χ2n) is 6.38. The minimum absolute atomic E-state index is 0.575. The van der Waals surface area contributed by atoms with Crippen LogP contribution in [0.5, 0.6) is 0 Å². The Bertz CT molecular complexity index is 449. The molecule has 0 unspecified atom stereocenters. The van der Waals surface area contributed by atoms with Crippen LogP contribution in [0.25, 0.3) is 0 Å². The molecule has 3 nitrogen and oxygen atoms in total. The number of nitriles is 1. The summed E-state index contributed by atoms with van der Waals surface area (Å²) in [5.41, 5.74) is 2.04. The summed E-state index contributed by atoms with van der Waals surface area (Å²) in [5.74, 6) is 0.628. The van der Waals surface area contributed by atoms with E-state index < -0.39 is 8.07 Å². The van der Waals surface area contributed by atoms with Crippen molar-refractivity contribution in [2.75, 3.05) is 6.61 Å². The van der Waals surface area contributed by atoms with Gasteiger partial charge in [0.1, 0.15) is 12.8 Å². The highest BCUT2D eigenvalue weighted by atomic mass is 28.3. The van der Waals surface area contributed by atoms with Gasteiger partial charge in [-0.25, -0.2) is 0 Å². The molecule has 0 aliphatic heterocycles. The topological polar surface area (TPSA) is 38.0 Å². The van der Waals surface area contributed by atoms with E-state index in [1.165, 1.54) is 24.4 Å². The number of hydrogen-bond donors (Lipinski definition) is 0. The predicted octanol–water partition coefficient (Wildman–Crippen LogP) is 3.55. The molecular weight excluding hydrogens is 240 g/mol. The quantitative estimate of drug-likeness (QED) is 0.581. The van der Waals surface area contributed by atoms with Crippen LogP contribution >= 0.6 is 0 Å². The second-order valence-corrected chi connectivity index (χ2v) is 12.0. The van der Waals surface area contributed by atoms with Crippen LogP contribution in [0.1, 0.15) is 29.9 Å². The number of ether oxygens (including phenoxy) is 1. The highest BCUT2D eigenvalue weighted by molar-refractivity contribution is 6.76. The molecule has 0 spiro atoms. The zero-order valence-electron chi connectivity index (χ0n) is 11.6. The van der Waals surface area contributed by atoms with E-state index in [-0.39, 0.29) is 0 Å². The second kappa shape index (κ2) is 5.29. The summed E-state index contributed by atoms with van der Waals surface area (Å²) in [6.45, 7) is 8.46. The monoisotopic (exact) mass is 262 g/mol. The SMILES string of the molecule is C[Si](C)(C)CCOCn1cc(C#N)c(C2CC2)c1. The first-order valence-corrected chi connectivity index (χ1v) is 10.4. The Kier molecular flexibility index (Phi) is 3.93. The van der Waals surface area contributed by atoms with Gasteiger partial charge in [-0.05, 0) is 30.4 Å². The molecule has 1 fully saturated rings. The molecule has 0 atom stereocenters. The number of rotatable bonds is 6. The molecule has 0 bridgehead atoms. The summed E-state index contributed by atoms with van der Waals surface area (Å²) in [7, 11) is -1.00. The Morgan fingerprint density at radius 3 is 2.67 bits per heavy atom. The lowest BCUT2D eigenvalue weighted by Crippen LogP contribution is -2.21. The smallest absolute Gasteiger partial charge is 0.122 e. The van der Waals surface area contributed by atoms with Crippen LogP contribution < -0.4 is 0 Å². The lowest BCUT2D eigenvalue weighted by atomic mass is 10.1. The van der Waals surface area contributed by atoms with E-state index in [0.717, 1.165) is 12.2 Å². The van der Waals surface area contributed by atoms with Crippen molar-refractivity contribution in [2.24, 2.45) is 0 Å². The molecule has 4 heteroatoms. The molecule has 1 saturated carbocycles. The highest BCUT2D eigenvalue weighted by Gasteiger charge is 2.27. The van der Waals surface area contributed by atoms with Gasteiger partial charge < -0.3 is 9.30 Å². The van der Waals surface area contributed by atoms with Crippen LogP contribution in [-0.2, 0) is 11.5 Å². The fraction of sp³-hybridized carbons (Fsp3) is 0.643. The maximum atomic E-state index is 9.09. The average Bonchev–Trinajstić information content (AvgIpc) is 3.05. The normalized spacial score (nSPS) is 15.7. The number of aromatic nitrogens is 1. The lowest BCUT2D eigenvalue weighted by molar-refractivity contribution is 0.0874. The molecule has 1 aromatic rings. The fourth-order valence-corrected chi connectivity index (χ4v) is 2.72. The molecule has 1 heterocycles. The van der Waals surface area contributed by atoms with Gasteiger partial charge in [0, 0.05) is 27.1 Å². The third-order valence-corrected chi connectivity index (χ3v) is 4.99. The van der Waals surface area contributed by atoms with E-state index in [9.17, 15) is 0 Å². The zero-order valence-corrected chi connectivity index (χ0v) is 12.6. The Morgan fingerprint density at radius 2 is 2.11 bits per heavy atom. The minimum Gasteiger partial charge on any atom is -0.361 e. The zero-order chi connectivity index (χ0) is 13.2. The molecule has 0 aromatic carbocycles. The van der Waals surface area contributed by atoms with Crippen LogP contribution in [0.2, 0.25) is 25.7 Å². The van der Waals surface area contributed by atoms with Crippen LogP contribution in [0.15, 0.2) is 12.4 Å². The number of nitrogens with zero attached hydrogens (tertiary/aromatic N) is 2. The predicted molar refractivity (Wildman–Crippen MR) is 75.2 cm³/mol. The summed E-state index contributed by atoms with van der Waals surface area (Å²) in [4.78, 5) is 0. The highest BCUT2D eigenvalue weighted by Crippen LogP contribution is 2.41. The maximum absolute atomic E-state index is 9.09. The van der Waals surface area contributed by atoms with Gasteiger partial charge in [0.15, 0.2) is 0 Å². The summed E-state index contributed by atoms with van der Waals surface area (Å²) in [5, 5.41) is 9.09. The Morgan fingerprint density at radius 1 is 1.39 bits per heavy atom. The van der Waals surface area contributed by atoms with E-state index in [1.807, 2.05) is 10.8 Å². The van der Waals surface area contributed by atoms with Gasteiger partial charge >= 0.3 is 0 Å². The number of hydrogen-bond acceptors (Lipinski definition) is 2. The van der Waals surface area contributed by atoms with Crippen LogP contribution in [0, 0.1) is 11.3 Å². The third-order valence-electron chi connectivity index (χ3n) is 3.29. The van der Waals surface area contributed by atoms with E-state index in [0.29, 0.717) is 12.6 Å². The first-order valence-electron chi connectivity index (χ1n) is 6.67. The molecule has 1 aromatic heterocycles. The Labute approximate surface area is 110 Å². The van der Waals surface area contributed by atoms with E-state index in [2.05, 4.69) is 31.9 Å². The van der Waals surface area contributed by atoms with Crippen molar-refractivity contribution in [1.29, 1.82) is 5.26 Å². The molecule has 18 heavy (non-hydrogen) atoms. The van der Waals surface area contributed by atoms with Gasteiger partial charge in [-0.3, -0.25) is 0 Å². The van der Waals surface area contributed by atoms with E-state index in [1.54, 1.807) is 0 Å². The van der Waals surface area contributed by atoms with Crippen LogP contribution in [-0.4, -0.2) is 19.2 Å². The van der Waals surface area contributed by atoms with Gasteiger partial charge in [-0.2, -0.15) is 5.26 Å². The molecule has 0 radical (unpaired) electrons. The van der Waals surface area contributed by atoms with Crippen molar-refractivity contribution in [1.82, 2.24) is 4.57 Å². The average molecular weight is 262 g/mol.